The monoisotopic (exact) mass is 231 g/mol. The SMILES string of the molecule is CCCOB(OCCC)c1cccc(C#N)c1. The molecule has 90 valence electrons. The topological polar surface area (TPSA) is 42.2 Å². The number of rotatable bonds is 7. The van der Waals surface area contributed by atoms with E-state index < -0.39 is 0 Å². The Hall–Kier alpha value is -1.31. The normalized spacial score (nSPS) is 9.94. The van der Waals surface area contributed by atoms with Crippen molar-refractivity contribution in [3.8, 4) is 6.07 Å². The maximum atomic E-state index is 8.86. The third-order valence-corrected chi connectivity index (χ3v) is 2.23. The van der Waals surface area contributed by atoms with Crippen molar-refractivity contribution in [2.75, 3.05) is 13.2 Å². The van der Waals surface area contributed by atoms with Gasteiger partial charge in [-0.3, -0.25) is 0 Å². The highest BCUT2D eigenvalue weighted by Crippen LogP contribution is 1.99. The fourth-order valence-electron chi connectivity index (χ4n) is 1.45. The van der Waals surface area contributed by atoms with Crippen LogP contribution in [0.2, 0.25) is 0 Å². The first-order valence-electron chi connectivity index (χ1n) is 6.05. The molecule has 0 aromatic heterocycles. The predicted molar refractivity (Wildman–Crippen MR) is 69.0 cm³/mol. The van der Waals surface area contributed by atoms with E-state index in [-0.39, 0.29) is 7.12 Å². The third kappa shape index (κ3) is 4.60. The van der Waals surface area contributed by atoms with Crippen molar-refractivity contribution < 1.29 is 9.31 Å². The van der Waals surface area contributed by atoms with Crippen LogP contribution in [0.4, 0.5) is 0 Å². The maximum Gasteiger partial charge on any atom is 0.493 e. The van der Waals surface area contributed by atoms with E-state index in [9.17, 15) is 0 Å². The largest absolute Gasteiger partial charge is 0.493 e. The van der Waals surface area contributed by atoms with Crippen molar-refractivity contribution in [3.05, 3.63) is 29.8 Å². The van der Waals surface area contributed by atoms with Crippen LogP contribution in [-0.4, -0.2) is 20.3 Å². The number of nitrogens with zero attached hydrogens (tertiary/aromatic N) is 1. The molecule has 0 heterocycles. The lowest BCUT2D eigenvalue weighted by atomic mass is 9.78. The highest BCUT2D eigenvalue weighted by atomic mass is 16.6. The second kappa shape index (κ2) is 7.89. The lowest BCUT2D eigenvalue weighted by Gasteiger charge is -2.14. The minimum atomic E-state index is -0.358. The van der Waals surface area contributed by atoms with Gasteiger partial charge in [-0.25, -0.2) is 0 Å². The molecule has 0 aliphatic carbocycles. The first kappa shape index (κ1) is 13.8. The van der Waals surface area contributed by atoms with Gasteiger partial charge in [0.25, 0.3) is 0 Å². The Bertz CT molecular complexity index is 368. The number of nitriles is 1. The van der Waals surface area contributed by atoms with Crippen LogP contribution in [-0.2, 0) is 9.31 Å². The Labute approximate surface area is 103 Å². The molecule has 0 amide bonds. The van der Waals surface area contributed by atoms with Crippen molar-refractivity contribution in [2.24, 2.45) is 0 Å². The molecule has 0 aliphatic heterocycles. The molecule has 4 heteroatoms. The minimum absolute atomic E-state index is 0.358. The first-order chi connectivity index (χ1) is 8.31. The van der Waals surface area contributed by atoms with Crippen LogP contribution in [0.25, 0.3) is 0 Å². The van der Waals surface area contributed by atoms with Crippen LogP contribution in [0.1, 0.15) is 32.3 Å². The zero-order valence-corrected chi connectivity index (χ0v) is 10.5. The van der Waals surface area contributed by atoms with E-state index in [0.717, 1.165) is 18.3 Å². The highest BCUT2D eigenvalue weighted by Gasteiger charge is 2.20. The Morgan fingerprint density at radius 2 is 1.82 bits per heavy atom. The summed E-state index contributed by atoms with van der Waals surface area (Å²) in [4.78, 5) is 0. The van der Waals surface area contributed by atoms with Gasteiger partial charge in [0.15, 0.2) is 0 Å². The van der Waals surface area contributed by atoms with E-state index in [0.29, 0.717) is 18.8 Å². The fourth-order valence-corrected chi connectivity index (χ4v) is 1.45. The molecule has 0 spiro atoms. The molecule has 0 bridgehead atoms. The Morgan fingerprint density at radius 1 is 1.18 bits per heavy atom. The van der Waals surface area contributed by atoms with Crippen molar-refractivity contribution >= 4 is 12.6 Å². The molecule has 1 aromatic rings. The third-order valence-electron chi connectivity index (χ3n) is 2.23. The van der Waals surface area contributed by atoms with Crippen LogP contribution in [0.5, 0.6) is 0 Å². The maximum absolute atomic E-state index is 8.86. The second-order valence-electron chi connectivity index (χ2n) is 3.81. The quantitative estimate of drug-likeness (QED) is 0.675. The van der Waals surface area contributed by atoms with Gasteiger partial charge in [-0.2, -0.15) is 5.26 Å². The van der Waals surface area contributed by atoms with Crippen LogP contribution >= 0.6 is 0 Å². The lowest BCUT2D eigenvalue weighted by Crippen LogP contribution is -2.37. The lowest BCUT2D eigenvalue weighted by molar-refractivity contribution is 0.207. The van der Waals surface area contributed by atoms with E-state index in [4.69, 9.17) is 14.6 Å². The van der Waals surface area contributed by atoms with Gasteiger partial charge in [0.1, 0.15) is 0 Å². The van der Waals surface area contributed by atoms with Gasteiger partial charge in [0, 0.05) is 13.2 Å². The average Bonchev–Trinajstić information content (AvgIpc) is 2.39. The summed E-state index contributed by atoms with van der Waals surface area (Å²) in [6, 6.07) is 9.50. The van der Waals surface area contributed by atoms with Gasteiger partial charge < -0.3 is 9.31 Å². The molecular weight excluding hydrogens is 213 g/mol. The molecule has 3 nitrogen and oxygen atoms in total. The van der Waals surface area contributed by atoms with Gasteiger partial charge >= 0.3 is 7.12 Å². The van der Waals surface area contributed by atoms with Gasteiger partial charge in [-0.05, 0) is 30.4 Å². The van der Waals surface area contributed by atoms with E-state index >= 15 is 0 Å². The molecule has 0 saturated carbocycles. The molecular formula is C13H18BNO2. The first-order valence-corrected chi connectivity index (χ1v) is 6.05. The predicted octanol–water partition coefficient (Wildman–Crippen LogP) is 2.11. The minimum Gasteiger partial charge on any atom is -0.407 e. The summed E-state index contributed by atoms with van der Waals surface area (Å²) in [6.07, 6.45) is 1.90. The van der Waals surface area contributed by atoms with Gasteiger partial charge in [-0.1, -0.05) is 26.0 Å². The molecule has 0 aliphatic rings. The smallest absolute Gasteiger partial charge is 0.407 e. The molecule has 0 atom stereocenters. The molecule has 0 fully saturated rings. The number of hydrogen-bond acceptors (Lipinski definition) is 3. The molecule has 1 rings (SSSR count). The fraction of sp³-hybridized carbons (Fsp3) is 0.462. The molecule has 0 N–H and O–H groups in total. The number of benzene rings is 1. The van der Waals surface area contributed by atoms with E-state index in [2.05, 4.69) is 19.9 Å². The average molecular weight is 231 g/mol. The van der Waals surface area contributed by atoms with Crippen molar-refractivity contribution in [1.29, 1.82) is 5.26 Å². The van der Waals surface area contributed by atoms with Crippen LogP contribution < -0.4 is 5.46 Å². The summed E-state index contributed by atoms with van der Waals surface area (Å²) in [6.45, 7) is 5.43. The van der Waals surface area contributed by atoms with E-state index in [1.54, 1.807) is 6.07 Å². The van der Waals surface area contributed by atoms with Crippen molar-refractivity contribution in [3.63, 3.8) is 0 Å². The molecule has 0 radical (unpaired) electrons. The summed E-state index contributed by atoms with van der Waals surface area (Å²) in [5.41, 5.74) is 1.54. The Morgan fingerprint density at radius 3 is 2.35 bits per heavy atom. The summed E-state index contributed by atoms with van der Waals surface area (Å²) in [5, 5.41) is 8.86. The molecule has 1 aromatic carbocycles. The second-order valence-corrected chi connectivity index (χ2v) is 3.81. The van der Waals surface area contributed by atoms with Crippen molar-refractivity contribution in [1.82, 2.24) is 0 Å². The van der Waals surface area contributed by atoms with Gasteiger partial charge in [0.05, 0.1) is 11.6 Å². The van der Waals surface area contributed by atoms with Crippen molar-refractivity contribution in [2.45, 2.75) is 26.7 Å². The highest BCUT2D eigenvalue weighted by molar-refractivity contribution is 6.61. The summed E-state index contributed by atoms with van der Waals surface area (Å²) in [5.74, 6) is 0. The van der Waals surface area contributed by atoms with Crippen LogP contribution in [0.3, 0.4) is 0 Å². The Kier molecular flexibility index (Phi) is 6.38. The Balaban J connectivity index is 2.75. The van der Waals surface area contributed by atoms with Crippen LogP contribution in [0.15, 0.2) is 24.3 Å². The summed E-state index contributed by atoms with van der Waals surface area (Å²) < 4.78 is 11.3. The standard InChI is InChI=1S/C13H18BNO2/c1-3-8-16-14(17-9-4-2)13-7-5-6-12(10-13)11-15/h5-7,10H,3-4,8-9H2,1-2H3. The number of hydrogen-bond donors (Lipinski definition) is 0. The molecule has 0 saturated heterocycles. The van der Waals surface area contributed by atoms with E-state index in [1.807, 2.05) is 18.2 Å². The molecule has 17 heavy (non-hydrogen) atoms. The zero-order chi connectivity index (χ0) is 12.5. The summed E-state index contributed by atoms with van der Waals surface area (Å²) >= 11 is 0. The zero-order valence-electron chi connectivity index (χ0n) is 10.5. The summed E-state index contributed by atoms with van der Waals surface area (Å²) in [7, 11) is -0.358. The molecule has 0 unspecified atom stereocenters. The van der Waals surface area contributed by atoms with E-state index in [1.165, 1.54) is 0 Å². The van der Waals surface area contributed by atoms with Gasteiger partial charge in [-0.15, -0.1) is 0 Å². The van der Waals surface area contributed by atoms with Crippen LogP contribution in [0, 0.1) is 11.3 Å². The van der Waals surface area contributed by atoms with Gasteiger partial charge in [0.2, 0.25) is 0 Å².